The number of fused-ring (bicyclic) bond motifs is 1. The van der Waals surface area contributed by atoms with Crippen molar-refractivity contribution in [2.75, 3.05) is 5.32 Å². The summed E-state index contributed by atoms with van der Waals surface area (Å²) in [7, 11) is 0. The van der Waals surface area contributed by atoms with Gasteiger partial charge in [0.1, 0.15) is 0 Å². The van der Waals surface area contributed by atoms with E-state index in [9.17, 15) is 14.9 Å². The van der Waals surface area contributed by atoms with Crippen LogP contribution in [0.3, 0.4) is 0 Å². The highest BCUT2D eigenvalue weighted by Gasteiger charge is 2.10. The number of nitro groups is 1. The van der Waals surface area contributed by atoms with E-state index in [1.165, 1.54) is 29.5 Å². The zero-order valence-electron chi connectivity index (χ0n) is 13.0. The second kappa shape index (κ2) is 7.00. The smallest absolute Gasteiger partial charge is 0.269 e. The normalized spacial score (nSPS) is 11.1. The van der Waals surface area contributed by atoms with E-state index in [2.05, 4.69) is 10.3 Å². The molecule has 1 N–H and O–H groups in total. The molecule has 1 amide bonds. The van der Waals surface area contributed by atoms with Crippen LogP contribution >= 0.6 is 22.9 Å². The zero-order valence-corrected chi connectivity index (χ0v) is 14.6. The molecule has 0 aliphatic rings. The van der Waals surface area contributed by atoms with Gasteiger partial charge in [-0.25, -0.2) is 4.98 Å². The van der Waals surface area contributed by atoms with Gasteiger partial charge in [0.25, 0.3) is 5.69 Å². The predicted molar refractivity (Wildman–Crippen MR) is 100 cm³/mol. The first kappa shape index (κ1) is 17.1. The Bertz CT molecular complexity index is 957. The van der Waals surface area contributed by atoms with Crippen molar-refractivity contribution < 1.29 is 9.72 Å². The molecule has 1 heterocycles. The Morgan fingerprint density at radius 1 is 1.28 bits per heavy atom. The average Bonchev–Trinajstić information content (AvgIpc) is 3.02. The Balaban J connectivity index is 1.73. The van der Waals surface area contributed by atoms with Crippen LogP contribution in [-0.4, -0.2) is 15.8 Å². The molecule has 0 bridgehead atoms. The van der Waals surface area contributed by atoms with Crippen LogP contribution in [0.15, 0.2) is 42.5 Å². The van der Waals surface area contributed by atoms with Gasteiger partial charge in [0, 0.05) is 18.2 Å². The van der Waals surface area contributed by atoms with Crippen LogP contribution in [0.2, 0.25) is 5.02 Å². The summed E-state index contributed by atoms with van der Waals surface area (Å²) in [4.78, 5) is 26.6. The summed E-state index contributed by atoms with van der Waals surface area (Å²) in [6.07, 6.45) is 2.92. The molecule has 3 rings (SSSR count). The van der Waals surface area contributed by atoms with Crippen LogP contribution in [0.4, 0.5) is 10.8 Å². The molecule has 0 unspecified atom stereocenters. The number of hydrogen-bond donors (Lipinski definition) is 1. The summed E-state index contributed by atoms with van der Waals surface area (Å²) in [5.74, 6) is -0.341. The van der Waals surface area contributed by atoms with E-state index in [0.29, 0.717) is 15.7 Å². The lowest BCUT2D eigenvalue weighted by Crippen LogP contribution is -2.07. The third-order valence-electron chi connectivity index (χ3n) is 3.46. The molecule has 0 fully saturated rings. The summed E-state index contributed by atoms with van der Waals surface area (Å²) < 4.78 is 0.830. The Kier molecular flexibility index (Phi) is 4.78. The fraction of sp³-hybridized carbons (Fsp3) is 0.0588. The van der Waals surface area contributed by atoms with Crippen molar-refractivity contribution in [1.82, 2.24) is 4.98 Å². The molecule has 0 aliphatic heterocycles. The lowest BCUT2D eigenvalue weighted by molar-refractivity contribution is -0.384. The summed E-state index contributed by atoms with van der Waals surface area (Å²) >= 11 is 7.46. The van der Waals surface area contributed by atoms with Gasteiger partial charge in [0.05, 0.1) is 20.2 Å². The van der Waals surface area contributed by atoms with Crippen LogP contribution in [0.1, 0.15) is 11.1 Å². The molecule has 0 radical (unpaired) electrons. The fourth-order valence-corrected chi connectivity index (χ4v) is 3.40. The maximum absolute atomic E-state index is 12.0. The van der Waals surface area contributed by atoms with Crippen LogP contribution in [0.5, 0.6) is 0 Å². The molecule has 6 nitrogen and oxygen atoms in total. The summed E-state index contributed by atoms with van der Waals surface area (Å²) in [6.45, 7) is 1.93. The number of amides is 1. The van der Waals surface area contributed by atoms with Gasteiger partial charge in [-0.05, 0) is 42.3 Å². The zero-order chi connectivity index (χ0) is 18.0. The van der Waals surface area contributed by atoms with E-state index < -0.39 is 4.92 Å². The predicted octanol–water partition coefficient (Wildman–Crippen LogP) is 4.82. The van der Waals surface area contributed by atoms with E-state index in [-0.39, 0.29) is 11.6 Å². The lowest BCUT2D eigenvalue weighted by Gasteiger charge is -1.96. The van der Waals surface area contributed by atoms with E-state index in [4.69, 9.17) is 11.6 Å². The number of halogens is 1. The van der Waals surface area contributed by atoms with Crippen molar-refractivity contribution >= 4 is 56.0 Å². The second-order valence-electron chi connectivity index (χ2n) is 5.23. The third kappa shape index (κ3) is 3.84. The van der Waals surface area contributed by atoms with E-state index >= 15 is 0 Å². The largest absolute Gasteiger partial charge is 0.298 e. The number of nitrogens with one attached hydrogen (secondary N) is 1. The lowest BCUT2D eigenvalue weighted by atomic mass is 10.2. The minimum absolute atomic E-state index is 0.00308. The van der Waals surface area contributed by atoms with Gasteiger partial charge in [-0.2, -0.15) is 0 Å². The number of nitro benzene ring substituents is 1. The summed E-state index contributed by atoms with van der Waals surface area (Å²) in [5, 5.41) is 14.4. The number of non-ortho nitro benzene ring substituents is 1. The molecule has 0 spiro atoms. The second-order valence-corrected chi connectivity index (χ2v) is 6.64. The van der Waals surface area contributed by atoms with Crippen molar-refractivity contribution in [3.05, 3.63) is 68.7 Å². The highest BCUT2D eigenvalue weighted by atomic mass is 35.5. The number of carbonyl (C=O) groups excluding carboxylic acids is 1. The third-order valence-corrected chi connectivity index (χ3v) is 4.89. The van der Waals surface area contributed by atoms with Gasteiger partial charge in [-0.3, -0.25) is 20.2 Å². The maximum atomic E-state index is 12.0. The first-order valence-corrected chi connectivity index (χ1v) is 8.42. The first-order valence-electron chi connectivity index (χ1n) is 7.23. The number of nitrogens with zero attached hydrogens (tertiary/aromatic N) is 2. The maximum Gasteiger partial charge on any atom is 0.269 e. The average molecular weight is 374 g/mol. The molecular formula is C17H12ClN3O3S. The Morgan fingerprint density at radius 3 is 2.64 bits per heavy atom. The monoisotopic (exact) mass is 373 g/mol. The highest BCUT2D eigenvalue weighted by Crippen LogP contribution is 2.33. The van der Waals surface area contributed by atoms with Gasteiger partial charge in [0.15, 0.2) is 5.13 Å². The van der Waals surface area contributed by atoms with Crippen LogP contribution in [0.25, 0.3) is 16.3 Å². The quantitative estimate of drug-likeness (QED) is 0.403. The molecule has 2 aromatic carbocycles. The molecular weight excluding hydrogens is 362 g/mol. The van der Waals surface area contributed by atoms with E-state index in [1.54, 1.807) is 24.3 Å². The molecule has 3 aromatic rings. The fourth-order valence-electron chi connectivity index (χ4n) is 2.18. The van der Waals surface area contributed by atoms with Gasteiger partial charge < -0.3 is 0 Å². The van der Waals surface area contributed by atoms with Gasteiger partial charge in [-0.1, -0.05) is 29.0 Å². The number of anilines is 1. The van der Waals surface area contributed by atoms with E-state index in [1.807, 2.05) is 13.0 Å². The highest BCUT2D eigenvalue weighted by molar-refractivity contribution is 7.23. The molecule has 0 saturated heterocycles. The minimum atomic E-state index is -0.472. The molecule has 1 aromatic heterocycles. The van der Waals surface area contributed by atoms with Crippen molar-refractivity contribution in [2.24, 2.45) is 0 Å². The molecule has 8 heteroatoms. The molecule has 126 valence electrons. The Labute approximate surface area is 151 Å². The van der Waals surface area contributed by atoms with Gasteiger partial charge in [-0.15, -0.1) is 0 Å². The van der Waals surface area contributed by atoms with Crippen LogP contribution in [0, 0.1) is 17.0 Å². The SMILES string of the molecule is Cc1ccc(Cl)c2sc(NC(=O)C=Cc3ccc([N+](=O)[O-])cc3)nc12. The summed E-state index contributed by atoms with van der Waals surface area (Å²) in [5.41, 5.74) is 2.44. The molecule has 25 heavy (non-hydrogen) atoms. The van der Waals surface area contributed by atoms with Crippen molar-refractivity contribution in [2.45, 2.75) is 6.92 Å². The molecule has 0 atom stereocenters. The summed E-state index contributed by atoms with van der Waals surface area (Å²) in [6, 6.07) is 9.60. The van der Waals surface area contributed by atoms with Gasteiger partial charge >= 0.3 is 0 Å². The minimum Gasteiger partial charge on any atom is -0.298 e. The Morgan fingerprint density at radius 2 is 2.00 bits per heavy atom. The first-order chi connectivity index (χ1) is 11.9. The number of hydrogen-bond acceptors (Lipinski definition) is 5. The van der Waals surface area contributed by atoms with Crippen molar-refractivity contribution in [3.63, 3.8) is 0 Å². The number of thiazole rings is 1. The number of aromatic nitrogens is 1. The number of aryl methyl sites for hydroxylation is 1. The number of carbonyl (C=O) groups is 1. The number of benzene rings is 2. The van der Waals surface area contributed by atoms with Crippen LogP contribution < -0.4 is 5.32 Å². The van der Waals surface area contributed by atoms with E-state index in [0.717, 1.165) is 15.8 Å². The standard InChI is InChI=1S/C17H12ClN3O3S/c1-10-2-8-13(18)16-15(10)20-17(25-16)19-14(22)9-5-11-3-6-12(7-4-11)21(23)24/h2-9H,1H3,(H,19,20,22). The van der Waals surface area contributed by atoms with Crippen LogP contribution in [-0.2, 0) is 4.79 Å². The molecule has 0 aliphatic carbocycles. The van der Waals surface area contributed by atoms with Crippen molar-refractivity contribution in [1.29, 1.82) is 0 Å². The number of rotatable bonds is 4. The van der Waals surface area contributed by atoms with Gasteiger partial charge in [0.2, 0.25) is 5.91 Å². The van der Waals surface area contributed by atoms with Crippen molar-refractivity contribution in [3.8, 4) is 0 Å². The molecule has 0 saturated carbocycles. The Hall–Kier alpha value is -2.77. The topological polar surface area (TPSA) is 85.1 Å².